The quantitative estimate of drug-likeness (QED) is 0.0549. The van der Waals surface area contributed by atoms with Crippen LogP contribution in [0.25, 0.3) is 0 Å². The summed E-state index contributed by atoms with van der Waals surface area (Å²) in [6.07, 6.45) is -1.66. The van der Waals surface area contributed by atoms with Crippen LogP contribution in [0.1, 0.15) is 35.6 Å². The molecule has 0 aliphatic carbocycles. The predicted molar refractivity (Wildman–Crippen MR) is 180 cm³/mol. The molecule has 1 amide bonds. The van der Waals surface area contributed by atoms with Crippen LogP contribution in [0, 0.1) is 0 Å². The summed E-state index contributed by atoms with van der Waals surface area (Å²) in [5.74, 6) is 0. The maximum absolute atomic E-state index is 12.9. The molecule has 4 aromatic rings. The van der Waals surface area contributed by atoms with Gasteiger partial charge < -0.3 is 23.6 Å². The number of hydrogen-bond donors (Lipinski definition) is 1. The molecule has 0 aliphatic rings. The van der Waals surface area contributed by atoms with Gasteiger partial charge in [-0.15, -0.1) is 0 Å². The molecule has 4 rings (SSSR count). The Kier molecular flexibility index (Phi) is 15.3. The van der Waals surface area contributed by atoms with E-state index in [1.54, 1.807) is 6.92 Å². The van der Waals surface area contributed by atoms with Crippen LogP contribution in [-0.4, -0.2) is 54.0 Å². The van der Waals surface area contributed by atoms with Gasteiger partial charge in [-0.1, -0.05) is 121 Å². The van der Waals surface area contributed by atoms with E-state index in [0.29, 0.717) is 6.41 Å². The first kappa shape index (κ1) is 36.2. The van der Waals surface area contributed by atoms with E-state index < -0.39 is 25.9 Å². The van der Waals surface area contributed by atoms with Gasteiger partial charge >= 0.3 is 7.60 Å². The highest BCUT2D eigenvalue weighted by Gasteiger charge is 2.36. The molecular weight excluding hydrogens is 617 g/mol. The van der Waals surface area contributed by atoms with Crippen LogP contribution in [0.15, 0.2) is 121 Å². The van der Waals surface area contributed by atoms with Crippen LogP contribution < -0.4 is 0 Å². The van der Waals surface area contributed by atoms with Gasteiger partial charge in [-0.2, -0.15) is 0 Å². The zero-order valence-electron chi connectivity index (χ0n) is 26.7. The molecule has 0 heterocycles. The fourth-order valence-corrected chi connectivity index (χ4v) is 6.07. The minimum atomic E-state index is -3.90. The van der Waals surface area contributed by atoms with Crippen molar-refractivity contribution >= 4 is 14.0 Å². The molecule has 0 radical (unpaired) electrons. The van der Waals surface area contributed by atoms with Gasteiger partial charge in [0.05, 0.1) is 45.2 Å². The number of carbonyl (C=O) groups is 1. The van der Waals surface area contributed by atoms with Gasteiger partial charge in [-0.05, 0) is 35.6 Å². The van der Waals surface area contributed by atoms with Crippen molar-refractivity contribution in [1.82, 2.24) is 5.06 Å². The van der Waals surface area contributed by atoms with E-state index in [0.717, 1.165) is 22.3 Å². The van der Waals surface area contributed by atoms with E-state index in [4.69, 9.17) is 23.6 Å². The van der Waals surface area contributed by atoms with Gasteiger partial charge in [0.1, 0.15) is 18.8 Å². The lowest BCUT2D eigenvalue weighted by Crippen LogP contribution is -2.48. The average molecular weight is 662 g/mol. The lowest BCUT2D eigenvalue weighted by molar-refractivity contribution is -0.208. The number of amides is 1. The molecule has 4 aromatic carbocycles. The van der Waals surface area contributed by atoms with Gasteiger partial charge in [0.25, 0.3) is 0 Å². The molecule has 0 aliphatic heterocycles. The Labute approximate surface area is 277 Å². The number of carbonyl (C=O) groups excluding carboxylic acids is 1. The minimum absolute atomic E-state index is 0.00999. The molecule has 0 bridgehead atoms. The summed E-state index contributed by atoms with van der Waals surface area (Å²) < 4.78 is 37.7. The van der Waals surface area contributed by atoms with Crippen molar-refractivity contribution in [2.24, 2.45) is 0 Å². The summed E-state index contributed by atoms with van der Waals surface area (Å²) in [5, 5.41) is 1.20. The number of rotatable bonds is 22. The maximum Gasteiger partial charge on any atom is 0.328 e. The second-order valence-electron chi connectivity index (χ2n) is 11.0. The zero-order valence-corrected chi connectivity index (χ0v) is 27.6. The minimum Gasteiger partial charge on any atom is -0.371 e. The van der Waals surface area contributed by atoms with Gasteiger partial charge in [-0.25, -0.2) is 5.06 Å². The third-order valence-corrected chi connectivity index (χ3v) is 8.86. The molecule has 0 fully saturated rings. The number of hydroxylamine groups is 2. The van der Waals surface area contributed by atoms with Crippen molar-refractivity contribution in [3.63, 3.8) is 0 Å². The molecular formula is C37H44NO8P. The van der Waals surface area contributed by atoms with Crippen LogP contribution in [0.3, 0.4) is 0 Å². The third kappa shape index (κ3) is 13.2. The number of hydrogen-bond acceptors (Lipinski definition) is 7. The van der Waals surface area contributed by atoms with Crippen molar-refractivity contribution in [1.29, 1.82) is 0 Å². The molecule has 1 unspecified atom stereocenters. The van der Waals surface area contributed by atoms with E-state index in [9.17, 15) is 14.3 Å². The molecule has 47 heavy (non-hydrogen) atoms. The highest BCUT2D eigenvalue weighted by Crippen LogP contribution is 2.43. The topological polar surface area (TPSA) is 104 Å². The first-order valence-corrected chi connectivity index (χ1v) is 17.5. The summed E-state index contributed by atoms with van der Waals surface area (Å²) in [4.78, 5) is 28.8. The number of ether oxygens (including phenoxy) is 3. The van der Waals surface area contributed by atoms with Crippen molar-refractivity contribution in [3.05, 3.63) is 144 Å². The fraction of sp³-hybridized carbons (Fsp3) is 0.324. The Hall–Kier alpha value is -3.66. The second-order valence-corrected chi connectivity index (χ2v) is 12.9. The molecule has 4 atom stereocenters. The summed E-state index contributed by atoms with van der Waals surface area (Å²) in [6.45, 7) is 2.64. The predicted octanol–water partition coefficient (Wildman–Crippen LogP) is 6.94. The first-order chi connectivity index (χ1) is 23.0. The van der Waals surface area contributed by atoms with Crippen LogP contribution in [0.5, 0.6) is 0 Å². The Bertz CT molecular complexity index is 1460. The number of benzene rings is 4. The van der Waals surface area contributed by atoms with Crippen LogP contribution >= 0.6 is 7.60 Å². The molecule has 10 heteroatoms. The smallest absolute Gasteiger partial charge is 0.328 e. The molecule has 250 valence electrons. The monoisotopic (exact) mass is 661 g/mol. The maximum atomic E-state index is 12.9. The van der Waals surface area contributed by atoms with Crippen LogP contribution in [0.2, 0.25) is 0 Å². The first-order valence-electron chi connectivity index (χ1n) is 15.8. The van der Waals surface area contributed by atoms with Crippen molar-refractivity contribution < 1.29 is 37.8 Å². The summed E-state index contributed by atoms with van der Waals surface area (Å²) in [7, 11) is -3.90. The van der Waals surface area contributed by atoms with Crippen molar-refractivity contribution in [3.8, 4) is 0 Å². The fourth-order valence-electron chi connectivity index (χ4n) is 4.96. The zero-order chi connectivity index (χ0) is 33.2. The summed E-state index contributed by atoms with van der Waals surface area (Å²) in [5.41, 5.74) is 3.69. The average Bonchev–Trinajstić information content (AvgIpc) is 3.11. The van der Waals surface area contributed by atoms with Gasteiger partial charge in [0.15, 0.2) is 0 Å². The van der Waals surface area contributed by atoms with Crippen molar-refractivity contribution in [2.75, 3.05) is 19.3 Å². The largest absolute Gasteiger partial charge is 0.371 e. The highest BCUT2D eigenvalue weighted by atomic mass is 31.2. The Balaban J connectivity index is 1.65. The molecule has 0 saturated heterocycles. The molecule has 9 nitrogen and oxygen atoms in total. The lowest BCUT2D eigenvalue weighted by atomic mass is 10.0. The Morgan fingerprint density at radius 1 is 0.660 bits per heavy atom. The molecule has 0 aromatic heterocycles. The van der Waals surface area contributed by atoms with E-state index in [2.05, 4.69) is 0 Å². The highest BCUT2D eigenvalue weighted by molar-refractivity contribution is 7.52. The SMILES string of the molecule is CCOP(=O)(O)CC[C@@H](OCc1ccccc1)[C@@H](OCc1ccccc1)[C@@H](CN(C=O)OCc1ccccc1)OCc1ccccc1. The van der Waals surface area contributed by atoms with E-state index >= 15 is 0 Å². The standard InChI is InChI=1S/C37H44NO8P/c1-2-46-47(40,41)24-23-35(42-26-31-15-7-3-8-16-31)37(44-28-33-19-11-5-12-20-33)36(43-27-32-17-9-4-10-18-32)25-38(30-39)45-29-34-21-13-6-14-22-34/h3-22,30,35-37H,2,23-29H2,1H3,(H,40,41)/t35-,36-,37-/m1/s1. The van der Waals surface area contributed by atoms with E-state index in [1.807, 2.05) is 121 Å². The van der Waals surface area contributed by atoms with Crippen molar-refractivity contribution in [2.45, 2.75) is 58.1 Å². The van der Waals surface area contributed by atoms with E-state index in [-0.39, 0.29) is 52.2 Å². The molecule has 1 N–H and O–H groups in total. The Morgan fingerprint density at radius 2 is 1.09 bits per heavy atom. The normalized spacial score (nSPS) is 14.5. The molecule has 0 spiro atoms. The van der Waals surface area contributed by atoms with Crippen LogP contribution in [0.4, 0.5) is 0 Å². The Morgan fingerprint density at radius 3 is 1.53 bits per heavy atom. The van der Waals surface area contributed by atoms with Gasteiger partial charge in [-0.3, -0.25) is 14.2 Å². The van der Waals surface area contributed by atoms with Gasteiger partial charge in [0, 0.05) is 0 Å². The second kappa shape index (κ2) is 19.9. The third-order valence-electron chi connectivity index (χ3n) is 7.38. The van der Waals surface area contributed by atoms with E-state index in [1.165, 1.54) is 5.06 Å². The van der Waals surface area contributed by atoms with Gasteiger partial charge in [0.2, 0.25) is 6.41 Å². The lowest BCUT2D eigenvalue weighted by Gasteiger charge is -2.35. The molecule has 0 saturated carbocycles. The summed E-state index contributed by atoms with van der Waals surface area (Å²) >= 11 is 0. The van der Waals surface area contributed by atoms with Crippen LogP contribution in [-0.2, 0) is 59.4 Å². The number of nitrogens with zero attached hydrogens (tertiary/aromatic N) is 1. The summed E-state index contributed by atoms with van der Waals surface area (Å²) in [6, 6.07) is 38.6.